The summed E-state index contributed by atoms with van der Waals surface area (Å²) in [4.78, 5) is 0. The zero-order valence-corrected chi connectivity index (χ0v) is 20.2. The maximum atomic E-state index is 6.41. The molecule has 0 aromatic heterocycles. The lowest BCUT2D eigenvalue weighted by molar-refractivity contribution is -0.0255. The van der Waals surface area contributed by atoms with Crippen molar-refractivity contribution >= 4 is 11.8 Å². The second-order valence-electron chi connectivity index (χ2n) is 8.75. The van der Waals surface area contributed by atoms with E-state index in [0.29, 0.717) is 24.6 Å². The molecule has 3 atom stereocenters. The van der Waals surface area contributed by atoms with Crippen LogP contribution in [0.1, 0.15) is 80.7 Å². The molecule has 2 aromatic rings. The van der Waals surface area contributed by atoms with Crippen LogP contribution < -0.4 is 9.47 Å². The Morgan fingerprint density at radius 2 is 1.71 bits per heavy atom. The van der Waals surface area contributed by atoms with Crippen molar-refractivity contribution in [1.82, 2.24) is 0 Å². The number of hydrogen-bond donors (Lipinski definition) is 0. The van der Waals surface area contributed by atoms with Gasteiger partial charge in [-0.15, -0.1) is 11.8 Å². The fourth-order valence-electron chi connectivity index (χ4n) is 4.64. The second-order valence-corrected chi connectivity index (χ2v) is 9.75. The summed E-state index contributed by atoms with van der Waals surface area (Å²) in [6.45, 7) is 7.62. The molecule has 0 radical (unpaired) electrons. The van der Waals surface area contributed by atoms with Crippen LogP contribution in [-0.2, 0) is 11.2 Å². The smallest absolute Gasteiger partial charge is 0.161 e. The Balaban J connectivity index is 0.00000112. The van der Waals surface area contributed by atoms with Crippen molar-refractivity contribution in [2.75, 3.05) is 19.5 Å². The molecule has 3 aliphatic rings. The maximum absolute atomic E-state index is 6.41. The summed E-state index contributed by atoms with van der Waals surface area (Å²) in [5, 5.41) is 0. The zero-order chi connectivity index (χ0) is 21.8. The summed E-state index contributed by atoms with van der Waals surface area (Å²) in [7, 11) is 0. The molecule has 1 unspecified atom stereocenters. The molecule has 2 aliphatic heterocycles. The first-order chi connectivity index (χ1) is 15.2. The highest BCUT2D eigenvalue weighted by Gasteiger charge is 2.30. The highest BCUT2D eigenvalue weighted by atomic mass is 32.2. The predicted octanol–water partition coefficient (Wildman–Crippen LogP) is 7.13. The van der Waals surface area contributed by atoms with E-state index in [9.17, 15) is 0 Å². The van der Waals surface area contributed by atoms with Crippen molar-refractivity contribution < 1.29 is 14.2 Å². The average Bonchev–Trinajstić information content (AvgIpc) is 3.65. The monoisotopic (exact) mass is 440 g/mol. The van der Waals surface area contributed by atoms with Crippen LogP contribution in [0.5, 0.6) is 11.5 Å². The van der Waals surface area contributed by atoms with Crippen LogP contribution in [0.2, 0.25) is 0 Å². The van der Waals surface area contributed by atoms with Gasteiger partial charge in [0.05, 0.1) is 6.10 Å². The van der Waals surface area contributed by atoms with E-state index in [1.54, 1.807) is 0 Å². The molecule has 0 spiro atoms. The zero-order valence-electron chi connectivity index (χ0n) is 19.4. The molecule has 1 saturated heterocycles. The van der Waals surface area contributed by atoms with Crippen molar-refractivity contribution in [2.45, 2.75) is 70.3 Å². The summed E-state index contributed by atoms with van der Waals surface area (Å²) < 4.78 is 17.9. The van der Waals surface area contributed by atoms with Crippen molar-refractivity contribution in [2.24, 2.45) is 5.92 Å². The molecule has 4 heteroatoms. The Morgan fingerprint density at radius 3 is 2.45 bits per heavy atom. The number of ether oxygens (including phenoxy) is 3. The van der Waals surface area contributed by atoms with E-state index in [0.717, 1.165) is 36.7 Å². The maximum Gasteiger partial charge on any atom is 0.161 e. The van der Waals surface area contributed by atoms with Gasteiger partial charge in [-0.05, 0) is 84.6 Å². The van der Waals surface area contributed by atoms with Crippen molar-refractivity contribution in [1.29, 1.82) is 0 Å². The Kier molecular flexibility index (Phi) is 7.50. The number of hydrogen-bond acceptors (Lipinski definition) is 4. The predicted molar refractivity (Wildman–Crippen MR) is 130 cm³/mol. The van der Waals surface area contributed by atoms with E-state index in [2.05, 4.69) is 49.6 Å². The fraction of sp³-hybridized carbons (Fsp3) is 0.556. The first-order valence-electron chi connectivity index (χ1n) is 11.9. The number of thioether (sulfide) groups is 1. The lowest BCUT2D eigenvalue weighted by atomic mass is 9.89. The van der Waals surface area contributed by atoms with E-state index in [1.807, 2.05) is 25.6 Å². The largest absolute Gasteiger partial charge is 0.486 e. The first-order valence-corrected chi connectivity index (χ1v) is 13.2. The summed E-state index contributed by atoms with van der Waals surface area (Å²) in [6.07, 6.45) is 8.21. The second kappa shape index (κ2) is 10.3. The van der Waals surface area contributed by atoms with E-state index >= 15 is 0 Å². The molecule has 2 fully saturated rings. The van der Waals surface area contributed by atoms with Gasteiger partial charge in [0.2, 0.25) is 0 Å². The average molecular weight is 441 g/mol. The van der Waals surface area contributed by atoms with Crippen LogP contribution in [0.3, 0.4) is 0 Å². The van der Waals surface area contributed by atoms with E-state index in [4.69, 9.17) is 14.2 Å². The third-order valence-electron chi connectivity index (χ3n) is 6.35. The van der Waals surface area contributed by atoms with Crippen LogP contribution >= 0.6 is 11.8 Å². The topological polar surface area (TPSA) is 27.7 Å². The molecule has 1 saturated carbocycles. The molecule has 31 heavy (non-hydrogen) atoms. The minimum atomic E-state index is 0.212. The Bertz CT molecular complexity index is 877. The highest BCUT2D eigenvalue weighted by molar-refractivity contribution is 7.99. The lowest BCUT2D eigenvalue weighted by Gasteiger charge is -2.33. The number of benzene rings is 2. The van der Waals surface area contributed by atoms with Crippen molar-refractivity contribution in [3.8, 4) is 11.5 Å². The third kappa shape index (κ3) is 5.40. The quantitative estimate of drug-likeness (QED) is 0.494. The number of fused-ring (bicyclic) bond motifs is 1. The highest BCUT2D eigenvalue weighted by Crippen LogP contribution is 2.44. The molecule has 2 aromatic carbocycles. The van der Waals surface area contributed by atoms with E-state index in [1.165, 1.54) is 35.1 Å². The summed E-state index contributed by atoms with van der Waals surface area (Å²) in [5.41, 5.74) is 5.91. The molecule has 3 nitrogen and oxygen atoms in total. The van der Waals surface area contributed by atoms with Gasteiger partial charge in [-0.1, -0.05) is 45.0 Å². The van der Waals surface area contributed by atoms with Gasteiger partial charge in [-0.3, -0.25) is 0 Å². The molecule has 168 valence electrons. The molecule has 0 bridgehead atoms. The van der Waals surface area contributed by atoms with Crippen LogP contribution in [0.25, 0.3) is 0 Å². The van der Waals surface area contributed by atoms with Gasteiger partial charge in [0.15, 0.2) is 11.5 Å². The molecule has 2 heterocycles. The van der Waals surface area contributed by atoms with Gasteiger partial charge in [-0.25, -0.2) is 0 Å². The first kappa shape index (κ1) is 22.5. The number of rotatable bonds is 5. The van der Waals surface area contributed by atoms with Gasteiger partial charge < -0.3 is 14.2 Å². The van der Waals surface area contributed by atoms with Gasteiger partial charge >= 0.3 is 0 Å². The lowest BCUT2D eigenvalue weighted by Crippen LogP contribution is -2.24. The minimum Gasteiger partial charge on any atom is -0.486 e. The third-order valence-corrected chi connectivity index (χ3v) is 7.18. The van der Waals surface area contributed by atoms with Crippen LogP contribution in [0.4, 0.5) is 0 Å². The molecule has 0 amide bonds. The molecule has 5 rings (SSSR count). The SMILES string of the molecule is CC.CSC1C[C@H](C)C[C@H](c2ccc(C3CC3)c(Cc3ccc4c(c3)OCCO4)c2)O1. The Labute approximate surface area is 191 Å². The molecule has 0 N–H and O–H groups in total. The minimum absolute atomic E-state index is 0.212. The van der Waals surface area contributed by atoms with E-state index in [-0.39, 0.29) is 6.10 Å². The molecule has 1 aliphatic carbocycles. The molecular weight excluding hydrogens is 404 g/mol. The van der Waals surface area contributed by atoms with Gasteiger partial charge in [0.1, 0.15) is 18.6 Å². The van der Waals surface area contributed by atoms with Crippen LogP contribution in [0.15, 0.2) is 36.4 Å². The van der Waals surface area contributed by atoms with Gasteiger partial charge in [-0.2, -0.15) is 0 Å². The van der Waals surface area contributed by atoms with Crippen LogP contribution in [-0.4, -0.2) is 24.9 Å². The van der Waals surface area contributed by atoms with E-state index < -0.39 is 0 Å². The van der Waals surface area contributed by atoms with Gasteiger partial charge in [0.25, 0.3) is 0 Å². The fourth-order valence-corrected chi connectivity index (χ4v) is 5.41. The summed E-state index contributed by atoms with van der Waals surface area (Å²) in [6, 6.07) is 13.5. The standard InChI is InChI=1S/C25H30O3S.C2H6/c1-16-11-23(28-25(12-16)29-2)19-6-7-21(18-4-5-18)20(15-19)13-17-3-8-22-24(14-17)27-10-9-26-22;1-2/h3,6-8,14-16,18,23,25H,4-5,9-13H2,1-2H3;1-2H3/t16-,23-,25?;/m1./s1. The van der Waals surface area contributed by atoms with Crippen LogP contribution in [0, 0.1) is 5.92 Å². The molecular formula is C27H36O3S. The normalized spacial score (nSPS) is 24.8. The Morgan fingerprint density at radius 1 is 0.935 bits per heavy atom. The van der Waals surface area contributed by atoms with Gasteiger partial charge in [0, 0.05) is 0 Å². The summed E-state index contributed by atoms with van der Waals surface area (Å²) in [5.74, 6) is 3.19. The van der Waals surface area contributed by atoms with Crippen molar-refractivity contribution in [3.05, 3.63) is 58.7 Å². The summed E-state index contributed by atoms with van der Waals surface area (Å²) >= 11 is 1.84. The van der Waals surface area contributed by atoms with Crippen molar-refractivity contribution in [3.63, 3.8) is 0 Å². The Hall–Kier alpha value is -1.65.